The van der Waals surface area contributed by atoms with Gasteiger partial charge in [-0.3, -0.25) is 4.79 Å². The third-order valence-corrected chi connectivity index (χ3v) is 4.66. The summed E-state index contributed by atoms with van der Waals surface area (Å²) in [7, 11) is 2.88. The van der Waals surface area contributed by atoms with Crippen LogP contribution in [0.3, 0.4) is 0 Å². The Balaban J connectivity index is 3.56. The van der Waals surface area contributed by atoms with E-state index in [2.05, 4.69) is 20.7 Å². The predicted octanol–water partition coefficient (Wildman–Crippen LogP) is 3.84. The molecule has 3 nitrogen and oxygen atoms in total. The van der Waals surface area contributed by atoms with Gasteiger partial charge in [0.1, 0.15) is 5.75 Å². The largest absolute Gasteiger partial charge is 0.496 e. The average molecular weight is 336 g/mol. The Morgan fingerprint density at radius 3 is 2.17 bits per heavy atom. The van der Waals surface area contributed by atoms with Crippen LogP contribution in [0.15, 0.2) is 4.47 Å². The molecule has 1 rings (SSSR count). The second kappa shape index (κ2) is 5.93. The minimum Gasteiger partial charge on any atom is -0.496 e. The van der Waals surface area contributed by atoms with Crippen molar-refractivity contribution in [2.45, 2.75) is 26.1 Å². The fraction of sp³-hybridized carbons (Fsp3) is 0.462. The topological polar surface area (TPSA) is 35.5 Å². The van der Waals surface area contributed by atoms with Crippen LogP contribution >= 0.6 is 27.5 Å². The Labute approximate surface area is 121 Å². The molecular formula is C13H16BrClO3. The fourth-order valence-corrected chi connectivity index (χ4v) is 2.76. The molecule has 0 saturated carbocycles. The highest BCUT2D eigenvalue weighted by Gasteiger charge is 2.27. The van der Waals surface area contributed by atoms with Gasteiger partial charge in [0.15, 0.2) is 5.38 Å². The van der Waals surface area contributed by atoms with Gasteiger partial charge in [-0.05, 0) is 37.5 Å². The van der Waals surface area contributed by atoms with Crippen molar-refractivity contribution < 1.29 is 14.3 Å². The third-order valence-electron chi connectivity index (χ3n) is 3.08. The summed E-state index contributed by atoms with van der Waals surface area (Å²) < 4.78 is 11.0. The van der Waals surface area contributed by atoms with E-state index in [0.717, 1.165) is 21.2 Å². The number of benzene rings is 1. The first-order valence-corrected chi connectivity index (χ1v) is 6.64. The monoisotopic (exact) mass is 334 g/mol. The van der Waals surface area contributed by atoms with Crippen LogP contribution in [0.5, 0.6) is 5.75 Å². The number of carbonyl (C=O) groups is 1. The van der Waals surface area contributed by atoms with E-state index in [0.29, 0.717) is 11.3 Å². The van der Waals surface area contributed by atoms with E-state index >= 15 is 0 Å². The number of halogens is 2. The van der Waals surface area contributed by atoms with Crippen LogP contribution in [0.1, 0.15) is 27.6 Å². The quantitative estimate of drug-likeness (QED) is 0.622. The molecule has 0 aromatic heterocycles. The van der Waals surface area contributed by atoms with Crippen molar-refractivity contribution in [3.8, 4) is 5.75 Å². The maximum atomic E-state index is 11.6. The van der Waals surface area contributed by atoms with Crippen LogP contribution < -0.4 is 4.74 Å². The second-order valence-electron chi connectivity index (χ2n) is 4.02. The van der Waals surface area contributed by atoms with E-state index in [1.165, 1.54) is 7.11 Å². The zero-order chi connectivity index (χ0) is 14.0. The van der Waals surface area contributed by atoms with Crippen molar-refractivity contribution in [1.82, 2.24) is 0 Å². The van der Waals surface area contributed by atoms with Crippen molar-refractivity contribution in [2.24, 2.45) is 0 Å². The molecule has 0 amide bonds. The number of esters is 1. The van der Waals surface area contributed by atoms with Crippen molar-refractivity contribution in [1.29, 1.82) is 0 Å². The summed E-state index contributed by atoms with van der Waals surface area (Å²) in [5.41, 5.74) is 3.57. The first-order chi connectivity index (χ1) is 8.36. The number of carbonyl (C=O) groups excluding carboxylic acids is 1. The van der Waals surface area contributed by atoms with Gasteiger partial charge in [-0.15, -0.1) is 11.6 Å². The molecule has 1 atom stereocenters. The summed E-state index contributed by atoms with van der Waals surface area (Å²) in [4.78, 5) is 11.6. The summed E-state index contributed by atoms with van der Waals surface area (Å²) in [6.07, 6.45) is 0. The van der Waals surface area contributed by atoms with Crippen molar-refractivity contribution in [3.63, 3.8) is 0 Å². The third kappa shape index (κ3) is 2.50. The lowest BCUT2D eigenvalue weighted by molar-refractivity contribution is -0.140. The number of ether oxygens (including phenoxy) is 2. The molecular weight excluding hydrogens is 319 g/mol. The number of alkyl halides is 1. The highest BCUT2D eigenvalue weighted by atomic mass is 79.9. The minimum absolute atomic E-state index is 0.492. The number of methoxy groups -OCH3 is 2. The van der Waals surface area contributed by atoms with Crippen molar-refractivity contribution in [3.05, 3.63) is 26.7 Å². The molecule has 1 aromatic carbocycles. The molecule has 5 heteroatoms. The molecule has 0 radical (unpaired) electrons. The summed E-state index contributed by atoms with van der Waals surface area (Å²) in [6.45, 7) is 5.82. The minimum atomic E-state index is -0.874. The van der Waals surface area contributed by atoms with Gasteiger partial charge < -0.3 is 9.47 Å². The SMILES string of the molecule is COC(=O)C(Cl)c1c(C)c(Br)c(C)c(C)c1OC. The molecule has 0 spiro atoms. The number of rotatable bonds is 3. The molecule has 0 bridgehead atoms. The van der Waals surface area contributed by atoms with E-state index < -0.39 is 11.3 Å². The van der Waals surface area contributed by atoms with Crippen LogP contribution in [-0.2, 0) is 9.53 Å². The molecule has 0 N–H and O–H groups in total. The van der Waals surface area contributed by atoms with E-state index in [1.807, 2.05) is 20.8 Å². The van der Waals surface area contributed by atoms with Crippen LogP contribution in [0.2, 0.25) is 0 Å². The maximum absolute atomic E-state index is 11.6. The van der Waals surface area contributed by atoms with Crippen LogP contribution in [0.4, 0.5) is 0 Å². The molecule has 18 heavy (non-hydrogen) atoms. The first-order valence-electron chi connectivity index (χ1n) is 5.41. The van der Waals surface area contributed by atoms with Crippen LogP contribution in [0.25, 0.3) is 0 Å². The lowest BCUT2D eigenvalue weighted by Crippen LogP contribution is -2.13. The van der Waals surface area contributed by atoms with Gasteiger partial charge in [0.05, 0.1) is 14.2 Å². The Morgan fingerprint density at radius 2 is 1.72 bits per heavy atom. The van der Waals surface area contributed by atoms with Gasteiger partial charge in [-0.25, -0.2) is 0 Å². The van der Waals surface area contributed by atoms with E-state index in [-0.39, 0.29) is 0 Å². The zero-order valence-electron chi connectivity index (χ0n) is 11.1. The van der Waals surface area contributed by atoms with E-state index in [9.17, 15) is 4.79 Å². The standard InChI is InChI=1S/C13H16BrClO3/c1-6-7(2)12(17-4)9(8(3)10(6)14)11(15)13(16)18-5/h11H,1-5H3. The summed E-state index contributed by atoms with van der Waals surface area (Å²) in [6, 6.07) is 0. The van der Waals surface area contributed by atoms with Gasteiger partial charge in [0.25, 0.3) is 0 Å². The molecule has 0 aliphatic carbocycles. The molecule has 1 aromatic rings. The smallest absolute Gasteiger partial charge is 0.328 e. The lowest BCUT2D eigenvalue weighted by Gasteiger charge is -2.20. The molecule has 0 saturated heterocycles. The number of hydrogen-bond donors (Lipinski definition) is 0. The maximum Gasteiger partial charge on any atom is 0.328 e. The van der Waals surface area contributed by atoms with Gasteiger partial charge in [-0.2, -0.15) is 0 Å². The van der Waals surface area contributed by atoms with Gasteiger partial charge >= 0.3 is 5.97 Å². The molecule has 0 aliphatic rings. The fourth-order valence-electron chi connectivity index (χ4n) is 1.90. The highest BCUT2D eigenvalue weighted by molar-refractivity contribution is 9.10. The summed E-state index contributed by atoms with van der Waals surface area (Å²) in [5, 5.41) is -0.874. The van der Waals surface area contributed by atoms with E-state index in [4.69, 9.17) is 16.3 Å². The van der Waals surface area contributed by atoms with Crippen molar-refractivity contribution in [2.75, 3.05) is 14.2 Å². The van der Waals surface area contributed by atoms with Gasteiger partial charge in [0, 0.05) is 10.0 Å². The first kappa shape index (κ1) is 15.3. The number of hydrogen-bond acceptors (Lipinski definition) is 3. The predicted molar refractivity (Wildman–Crippen MR) is 75.5 cm³/mol. The Morgan fingerprint density at radius 1 is 1.17 bits per heavy atom. The van der Waals surface area contributed by atoms with Crippen LogP contribution in [-0.4, -0.2) is 20.2 Å². The normalized spacial score (nSPS) is 12.2. The molecule has 0 aliphatic heterocycles. The highest BCUT2D eigenvalue weighted by Crippen LogP contribution is 2.41. The molecule has 0 fully saturated rings. The Hall–Kier alpha value is -0.740. The summed E-state index contributed by atoms with van der Waals surface area (Å²) >= 11 is 9.68. The van der Waals surface area contributed by atoms with Crippen molar-refractivity contribution >= 4 is 33.5 Å². The zero-order valence-corrected chi connectivity index (χ0v) is 13.4. The lowest BCUT2D eigenvalue weighted by atomic mass is 9.96. The van der Waals surface area contributed by atoms with Crippen LogP contribution in [0, 0.1) is 20.8 Å². The van der Waals surface area contributed by atoms with Gasteiger partial charge in [0.2, 0.25) is 0 Å². The Kier molecular flexibility index (Phi) is 5.05. The van der Waals surface area contributed by atoms with Gasteiger partial charge in [-0.1, -0.05) is 15.9 Å². The molecule has 1 unspecified atom stereocenters. The second-order valence-corrected chi connectivity index (χ2v) is 5.25. The Bertz CT molecular complexity index is 486. The molecule has 0 heterocycles. The summed E-state index contributed by atoms with van der Waals surface area (Å²) in [5.74, 6) is 0.145. The molecule has 100 valence electrons. The van der Waals surface area contributed by atoms with E-state index in [1.54, 1.807) is 7.11 Å². The average Bonchev–Trinajstić information content (AvgIpc) is 2.38.